The van der Waals surface area contributed by atoms with E-state index in [1.54, 1.807) is 18.2 Å². The Kier molecular flexibility index (Phi) is 8.91. The summed E-state index contributed by atoms with van der Waals surface area (Å²) in [5, 5.41) is 13.3. The molecule has 0 spiro atoms. The summed E-state index contributed by atoms with van der Waals surface area (Å²) in [4.78, 5) is 26.9. The third kappa shape index (κ3) is 6.80. The van der Waals surface area contributed by atoms with Crippen molar-refractivity contribution in [3.05, 3.63) is 104 Å². The van der Waals surface area contributed by atoms with Gasteiger partial charge >= 0.3 is 5.97 Å². The number of nitrogens with zero attached hydrogens (tertiary/aromatic N) is 1. The van der Waals surface area contributed by atoms with Crippen molar-refractivity contribution >= 4 is 46.7 Å². The molecule has 5 nitrogen and oxygen atoms in total. The zero-order valence-corrected chi connectivity index (χ0v) is 21.9. The summed E-state index contributed by atoms with van der Waals surface area (Å²) in [5.41, 5.74) is 3.38. The first-order valence-electron chi connectivity index (χ1n) is 11.8. The fourth-order valence-electron chi connectivity index (χ4n) is 4.62. The zero-order chi connectivity index (χ0) is 25.7. The first kappa shape index (κ1) is 26.5. The van der Waals surface area contributed by atoms with Crippen LogP contribution in [0.25, 0.3) is 0 Å². The second-order valence-corrected chi connectivity index (χ2v) is 10.3. The van der Waals surface area contributed by atoms with Crippen molar-refractivity contribution in [2.45, 2.75) is 37.8 Å². The van der Waals surface area contributed by atoms with Crippen molar-refractivity contribution in [1.29, 1.82) is 0 Å². The largest absolute Gasteiger partial charge is 0.480 e. The molecule has 0 radical (unpaired) electrons. The minimum atomic E-state index is -1.12. The van der Waals surface area contributed by atoms with Gasteiger partial charge < -0.3 is 10.4 Å². The molecular weight excluding hydrogens is 519 g/mol. The first-order chi connectivity index (χ1) is 17.3. The van der Waals surface area contributed by atoms with E-state index in [2.05, 4.69) is 28.4 Å². The summed E-state index contributed by atoms with van der Waals surface area (Å²) in [6.07, 6.45) is 2.28. The molecule has 3 aromatic rings. The number of carboxylic acids is 1. The Morgan fingerprint density at radius 3 is 2.17 bits per heavy atom. The van der Waals surface area contributed by atoms with Crippen LogP contribution < -0.4 is 5.32 Å². The predicted octanol–water partition coefficient (Wildman–Crippen LogP) is 6.45. The fourth-order valence-corrected chi connectivity index (χ4v) is 5.41. The third-order valence-electron chi connectivity index (χ3n) is 6.57. The molecule has 0 aromatic heterocycles. The third-order valence-corrected chi connectivity index (χ3v) is 7.43. The Hall–Kier alpha value is -2.57. The molecule has 8 heteroatoms. The lowest BCUT2D eigenvalue weighted by Gasteiger charge is -2.32. The molecule has 4 rings (SSSR count). The maximum Gasteiger partial charge on any atom is 0.326 e. The molecule has 1 aliphatic rings. The zero-order valence-electron chi connectivity index (χ0n) is 19.6. The SMILES string of the molecule is O=C(N[C@@H](Cc1ccc(C2CCN(Cc3cccc(Cl)c3)CC2)cc1)C(=O)O)c1c(Cl)cccc1Cl. The van der Waals surface area contributed by atoms with E-state index in [1.807, 2.05) is 30.3 Å². The van der Waals surface area contributed by atoms with Crippen LogP contribution in [0.15, 0.2) is 66.7 Å². The van der Waals surface area contributed by atoms with E-state index in [4.69, 9.17) is 34.8 Å². The van der Waals surface area contributed by atoms with Crippen LogP contribution >= 0.6 is 34.8 Å². The number of carbonyl (C=O) groups is 2. The van der Waals surface area contributed by atoms with Gasteiger partial charge in [0.05, 0.1) is 15.6 Å². The number of benzene rings is 3. The van der Waals surface area contributed by atoms with Crippen LogP contribution in [0.3, 0.4) is 0 Å². The van der Waals surface area contributed by atoms with Crippen molar-refractivity contribution in [2.24, 2.45) is 0 Å². The van der Waals surface area contributed by atoms with Crippen molar-refractivity contribution in [1.82, 2.24) is 10.2 Å². The van der Waals surface area contributed by atoms with Gasteiger partial charge in [-0.3, -0.25) is 9.69 Å². The van der Waals surface area contributed by atoms with Gasteiger partial charge in [0.2, 0.25) is 0 Å². The first-order valence-corrected chi connectivity index (χ1v) is 13.0. The van der Waals surface area contributed by atoms with Gasteiger partial charge in [0.1, 0.15) is 6.04 Å². The number of nitrogens with one attached hydrogen (secondary N) is 1. The van der Waals surface area contributed by atoms with Gasteiger partial charge in [-0.05, 0) is 72.8 Å². The minimum absolute atomic E-state index is 0.0733. The number of halogens is 3. The van der Waals surface area contributed by atoms with Crippen LogP contribution in [0.4, 0.5) is 0 Å². The van der Waals surface area contributed by atoms with E-state index in [0.717, 1.165) is 43.1 Å². The maximum absolute atomic E-state index is 12.7. The molecule has 0 aliphatic carbocycles. The Labute approximate surface area is 226 Å². The summed E-state index contributed by atoms with van der Waals surface area (Å²) in [6.45, 7) is 2.92. The molecule has 2 N–H and O–H groups in total. The average Bonchev–Trinajstić information content (AvgIpc) is 2.84. The van der Waals surface area contributed by atoms with Gasteiger partial charge in [0.15, 0.2) is 0 Å². The summed E-state index contributed by atoms with van der Waals surface area (Å²) < 4.78 is 0. The van der Waals surface area contributed by atoms with E-state index >= 15 is 0 Å². The lowest BCUT2D eigenvalue weighted by molar-refractivity contribution is -0.139. The number of likely N-dealkylation sites (tertiary alicyclic amines) is 1. The van der Waals surface area contributed by atoms with Gasteiger partial charge in [-0.2, -0.15) is 0 Å². The molecule has 1 atom stereocenters. The summed E-state index contributed by atoms with van der Waals surface area (Å²) >= 11 is 18.3. The van der Waals surface area contributed by atoms with Gasteiger partial charge in [-0.15, -0.1) is 0 Å². The van der Waals surface area contributed by atoms with Crippen LogP contribution in [-0.4, -0.2) is 41.0 Å². The van der Waals surface area contributed by atoms with E-state index in [0.29, 0.717) is 5.92 Å². The highest BCUT2D eigenvalue weighted by Gasteiger charge is 2.25. The second kappa shape index (κ2) is 12.1. The van der Waals surface area contributed by atoms with Gasteiger partial charge in [0.25, 0.3) is 5.91 Å². The molecule has 1 amide bonds. The van der Waals surface area contributed by atoms with Crippen LogP contribution in [0.5, 0.6) is 0 Å². The molecule has 0 unspecified atom stereocenters. The van der Waals surface area contributed by atoms with Gasteiger partial charge in [-0.25, -0.2) is 4.79 Å². The molecule has 3 aromatic carbocycles. The monoisotopic (exact) mass is 544 g/mol. The van der Waals surface area contributed by atoms with Crippen molar-refractivity contribution < 1.29 is 14.7 Å². The Bertz CT molecular complexity index is 1200. The number of hydrogen-bond donors (Lipinski definition) is 2. The van der Waals surface area contributed by atoms with Crippen molar-refractivity contribution in [3.63, 3.8) is 0 Å². The Morgan fingerprint density at radius 1 is 0.917 bits per heavy atom. The van der Waals surface area contributed by atoms with E-state index in [1.165, 1.54) is 11.1 Å². The number of piperidine rings is 1. The predicted molar refractivity (Wildman–Crippen MR) is 144 cm³/mol. The molecule has 0 saturated carbocycles. The van der Waals surface area contributed by atoms with Crippen LogP contribution in [0.1, 0.15) is 45.8 Å². The van der Waals surface area contributed by atoms with Crippen molar-refractivity contribution in [3.8, 4) is 0 Å². The number of carbonyl (C=O) groups excluding carboxylic acids is 1. The number of hydrogen-bond acceptors (Lipinski definition) is 3. The molecule has 0 bridgehead atoms. The molecule has 36 heavy (non-hydrogen) atoms. The number of rotatable bonds is 8. The number of aliphatic carboxylic acids is 1. The highest BCUT2D eigenvalue weighted by molar-refractivity contribution is 6.39. The molecule has 1 heterocycles. The lowest BCUT2D eigenvalue weighted by Crippen LogP contribution is -2.42. The molecule has 188 valence electrons. The van der Waals surface area contributed by atoms with Gasteiger partial charge in [-0.1, -0.05) is 77.3 Å². The minimum Gasteiger partial charge on any atom is -0.480 e. The van der Waals surface area contributed by atoms with Crippen LogP contribution in [0.2, 0.25) is 15.1 Å². The Morgan fingerprint density at radius 2 is 1.56 bits per heavy atom. The lowest BCUT2D eigenvalue weighted by atomic mass is 9.88. The Balaban J connectivity index is 1.33. The molecular formula is C28H27Cl3N2O3. The van der Waals surface area contributed by atoms with Crippen LogP contribution in [0, 0.1) is 0 Å². The maximum atomic E-state index is 12.7. The molecule has 1 saturated heterocycles. The summed E-state index contributed by atoms with van der Waals surface area (Å²) in [7, 11) is 0. The topological polar surface area (TPSA) is 69.6 Å². The highest BCUT2D eigenvalue weighted by Crippen LogP contribution is 2.29. The van der Waals surface area contributed by atoms with E-state index in [9.17, 15) is 14.7 Å². The number of carboxylic acid groups (broad SMARTS) is 1. The average molecular weight is 546 g/mol. The quantitative estimate of drug-likeness (QED) is 0.341. The normalized spacial score (nSPS) is 15.4. The second-order valence-electron chi connectivity index (χ2n) is 9.09. The highest BCUT2D eigenvalue weighted by atomic mass is 35.5. The summed E-state index contributed by atoms with van der Waals surface area (Å²) in [5.74, 6) is -1.27. The summed E-state index contributed by atoms with van der Waals surface area (Å²) in [6, 6.07) is 19.6. The number of amides is 1. The fraction of sp³-hybridized carbons (Fsp3) is 0.286. The van der Waals surface area contributed by atoms with Crippen LogP contribution in [-0.2, 0) is 17.8 Å². The standard InChI is InChI=1S/C28H27Cl3N2O3/c29-22-4-1-3-19(15-22)17-33-13-11-21(12-14-33)20-9-7-18(8-10-20)16-25(28(35)36)32-27(34)26-23(30)5-2-6-24(26)31/h1-10,15,21,25H,11-14,16-17H2,(H,32,34)(H,35,36)/t25-/m0/s1. The van der Waals surface area contributed by atoms with Gasteiger partial charge in [0, 0.05) is 18.0 Å². The van der Waals surface area contributed by atoms with E-state index < -0.39 is 17.9 Å². The smallest absolute Gasteiger partial charge is 0.326 e. The molecule has 1 aliphatic heterocycles. The molecule has 1 fully saturated rings. The van der Waals surface area contributed by atoms with E-state index in [-0.39, 0.29) is 22.0 Å². The van der Waals surface area contributed by atoms with Crippen molar-refractivity contribution in [2.75, 3.05) is 13.1 Å².